The summed E-state index contributed by atoms with van der Waals surface area (Å²) in [7, 11) is -2.44. The van der Waals surface area contributed by atoms with Gasteiger partial charge < -0.3 is 14.8 Å². The number of nitrogens with one attached hydrogen (secondary N) is 2. The summed E-state index contributed by atoms with van der Waals surface area (Å²) in [4.78, 5) is 16.3. The molecule has 2 heterocycles. The molecule has 2 aromatic carbocycles. The van der Waals surface area contributed by atoms with Gasteiger partial charge in [-0.15, -0.1) is 0 Å². The van der Waals surface area contributed by atoms with Crippen LogP contribution in [0.3, 0.4) is 0 Å². The van der Waals surface area contributed by atoms with Gasteiger partial charge in [-0.2, -0.15) is 8.78 Å². The Kier molecular flexibility index (Phi) is 6.49. The fraction of sp³-hybridized carbons (Fsp3) is 0.200. The minimum atomic E-state index is -3.77. The molecule has 0 bridgehead atoms. The molecule has 1 atom stereocenters. The second kappa shape index (κ2) is 9.24. The van der Waals surface area contributed by atoms with Crippen molar-refractivity contribution < 1.29 is 32.6 Å². The fourth-order valence-corrected chi connectivity index (χ4v) is 6.53. The quantitative estimate of drug-likeness (QED) is 0.214. The average Bonchev–Trinajstić information content (AvgIpc) is 3.16. The predicted octanol–water partition coefficient (Wildman–Crippen LogP) is 3.70. The first-order valence-corrected chi connectivity index (χ1v) is 12.4. The maximum atomic E-state index is 14.4. The van der Waals surface area contributed by atoms with Crippen LogP contribution in [0.25, 0.3) is 10.9 Å². The molecule has 0 saturated carbocycles. The fourth-order valence-electron chi connectivity index (χ4n) is 4.17. The van der Waals surface area contributed by atoms with Gasteiger partial charge in [0.15, 0.2) is 11.6 Å². The number of halogens is 2. The zero-order valence-electron chi connectivity index (χ0n) is 19.6. The van der Waals surface area contributed by atoms with Crippen molar-refractivity contribution in [2.45, 2.75) is 27.3 Å². The van der Waals surface area contributed by atoms with E-state index in [2.05, 4.69) is 10.3 Å². The highest BCUT2D eigenvalue weighted by Crippen LogP contribution is 2.47. The van der Waals surface area contributed by atoms with Gasteiger partial charge in [0.05, 0.1) is 10.9 Å². The number of H-pyrrole nitrogens is 1. The first-order chi connectivity index (χ1) is 16.5. The van der Waals surface area contributed by atoms with Crippen LogP contribution in [0.1, 0.15) is 32.7 Å². The molecule has 182 valence electrons. The normalized spacial score (nSPS) is 13.1. The van der Waals surface area contributed by atoms with Crippen LogP contribution in [-0.4, -0.2) is 23.2 Å². The van der Waals surface area contributed by atoms with Crippen molar-refractivity contribution >= 4 is 34.8 Å². The highest BCUT2D eigenvalue weighted by Gasteiger charge is 2.36. The largest absolute Gasteiger partial charge is 0.350 e. The Morgan fingerprint density at radius 2 is 1.69 bits per heavy atom. The van der Waals surface area contributed by atoms with E-state index in [1.807, 2.05) is 39.0 Å². The summed E-state index contributed by atoms with van der Waals surface area (Å²) in [6, 6.07) is 10.9. The molecule has 0 saturated heterocycles. The second-order valence-electron chi connectivity index (χ2n) is 8.47. The molecule has 0 aliphatic carbocycles. The van der Waals surface area contributed by atoms with Gasteiger partial charge in [0, 0.05) is 34.6 Å². The van der Waals surface area contributed by atoms with E-state index in [4.69, 9.17) is 4.52 Å². The van der Waals surface area contributed by atoms with Gasteiger partial charge in [0.2, 0.25) is 0 Å². The maximum Gasteiger partial charge on any atom is 0.268 e. The Balaban J connectivity index is 1.85. The zero-order valence-corrected chi connectivity index (χ0v) is 20.5. The number of amides is 1. The van der Waals surface area contributed by atoms with Crippen LogP contribution in [0, 0.1) is 32.4 Å². The monoisotopic (exact) mass is 500 g/mol. The van der Waals surface area contributed by atoms with Crippen molar-refractivity contribution in [2.75, 3.05) is 7.11 Å². The Morgan fingerprint density at radius 1 is 1.06 bits per heavy atom. The van der Waals surface area contributed by atoms with Crippen molar-refractivity contribution in [3.63, 3.8) is 0 Å². The smallest absolute Gasteiger partial charge is 0.268 e. The van der Waals surface area contributed by atoms with Crippen molar-refractivity contribution in [1.29, 1.82) is 0 Å². The number of hydrogen-bond donors (Lipinski definition) is 3. The standard InChI is InChI=1S/C25H24F2N3O4P/c1-14-5-6-22-18(10-14)24(35(33,34-4)17-8-15(2)7-16(3)9-17)23(29-22)25(31)28-11-19-20(26)12-30(32)13-21(19)27/h5-10,12-13H,11H2,1-4H3,(H2-,28,29,31,32,33)/p+1. The van der Waals surface area contributed by atoms with Crippen molar-refractivity contribution in [3.05, 3.63) is 88.4 Å². The van der Waals surface area contributed by atoms with Crippen molar-refractivity contribution in [2.24, 2.45) is 0 Å². The number of nitrogens with zero attached hydrogens (tertiary/aromatic N) is 1. The highest BCUT2D eigenvalue weighted by molar-refractivity contribution is 7.75. The van der Waals surface area contributed by atoms with Crippen LogP contribution in [0.5, 0.6) is 0 Å². The first kappa shape index (κ1) is 24.6. The van der Waals surface area contributed by atoms with Crippen LogP contribution >= 0.6 is 7.37 Å². The second-order valence-corrected chi connectivity index (χ2v) is 10.9. The van der Waals surface area contributed by atoms with Gasteiger partial charge in [-0.1, -0.05) is 28.8 Å². The number of carbonyl (C=O) groups is 1. The molecule has 35 heavy (non-hydrogen) atoms. The lowest BCUT2D eigenvalue weighted by molar-refractivity contribution is -0.906. The number of aryl methyl sites for hydroxylation is 3. The number of hydrogen-bond acceptors (Lipinski definition) is 4. The number of aromatic nitrogens is 2. The molecule has 10 heteroatoms. The summed E-state index contributed by atoms with van der Waals surface area (Å²) in [6.45, 7) is 5.13. The molecule has 1 unspecified atom stereocenters. The predicted molar refractivity (Wildman–Crippen MR) is 128 cm³/mol. The molecule has 0 radical (unpaired) electrons. The SMILES string of the molecule is COP(=O)(c1cc(C)cc(C)c1)c1c(C(=O)NCc2c(F)c[n+](O)cc2F)[nH]c2ccc(C)cc12. The summed E-state index contributed by atoms with van der Waals surface area (Å²) >= 11 is 0. The third-order valence-corrected chi connectivity index (χ3v) is 8.25. The number of aromatic amines is 1. The van der Waals surface area contributed by atoms with E-state index in [-0.39, 0.29) is 15.7 Å². The molecule has 2 aromatic heterocycles. The zero-order chi connectivity index (χ0) is 25.5. The van der Waals surface area contributed by atoms with E-state index in [1.165, 1.54) is 7.11 Å². The molecule has 4 rings (SSSR count). The van der Waals surface area contributed by atoms with Gasteiger partial charge in [0.1, 0.15) is 5.69 Å². The number of pyridine rings is 1. The van der Waals surface area contributed by atoms with Gasteiger partial charge in [0.25, 0.3) is 25.7 Å². The van der Waals surface area contributed by atoms with Gasteiger partial charge in [-0.25, -0.2) is 0 Å². The van der Waals surface area contributed by atoms with Crippen LogP contribution in [0.2, 0.25) is 0 Å². The number of fused-ring (bicyclic) bond motifs is 1. The Bertz CT molecular complexity index is 1470. The molecule has 7 nitrogen and oxygen atoms in total. The minimum absolute atomic E-state index is 0.0242. The molecular weight excluding hydrogens is 475 g/mol. The lowest BCUT2D eigenvalue weighted by Gasteiger charge is -2.19. The summed E-state index contributed by atoms with van der Waals surface area (Å²) in [5.74, 6) is -2.77. The van der Waals surface area contributed by atoms with E-state index in [1.54, 1.807) is 18.2 Å². The van der Waals surface area contributed by atoms with Crippen LogP contribution in [-0.2, 0) is 15.6 Å². The lowest BCUT2D eigenvalue weighted by atomic mass is 10.2. The first-order valence-electron chi connectivity index (χ1n) is 10.8. The van der Waals surface area contributed by atoms with Crippen LogP contribution in [0.15, 0.2) is 48.8 Å². The Morgan fingerprint density at radius 3 is 2.29 bits per heavy atom. The summed E-state index contributed by atoms with van der Waals surface area (Å²) in [6.07, 6.45) is 1.36. The Hall–Kier alpha value is -3.55. The summed E-state index contributed by atoms with van der Waals surface area (Å²) < 4.78 is 48.6. The lowest BCUT2D eigenvalue weighted by Crippen LogP contribution is -2.33. The third-order valence-electron chi connectivity index (χ3n) is 5.75. The molecule has 0 spiro atoms. The Labute approximate surface area is 200 Å². The molecule has 3 N–H and O–H groups in total. The van der Waals surface area contributed by atoms with E-state index in [0.717, 1.165) is 16.7 Å². The van der Waals surface area contributed by atoms with Crippen molar-refractivity contribution in [3.8, 4) is 0 Å². The topological polar surface area (TPSA) is 95.3 Å². The van der Waals surface area contributed by atoms with Crippen LogP contribution < -0.4 is 20.7 Å². The summed E-state index contributed by atoms with van der Waals surface area (Å²) in [5.41, 5.74) is 2.77. The number of benzene rings is 2. The average molecular weight is 500 g/mol. The molecule has 0 aliphatic heterocycles. The van der Waals surface area contributed by atoms with Gasteiger partial charge in [-0.3, -0.25) is 14.6 Å². The van der Waals surface area contributed by atoms with Gasteiger partial charge in [-0.05, 0) is 45.0 Å². The number of carbonyl (C=O) groups excluding carboxylic acids is 1. The van der Waals surface area contributed by atoms with Crippen molar-refractivity contribution in [1.82, 2.24) is 10.3 Å². The van der Waals surface area contributed by atoms with E-state index < -0.39 is 37.0 Å². The number of rotatable bonds is 6. The van der Waals surface area contributed by atoms with Gasteiger partial charge >= 0.3 is 0 Å². The molecule has 0 fully saturated rings. The molecule has 1 amide bonds. The molecule has 0 aliphatic rings. The van der Waals surface area contributed by atoms with E-state index in [0.29, 0.717) is 28.6 Å². The summed E-state index contributed by atoms with van der Waals surface area (Å²) in [5, 5.41) is 12.9. The third kappa shape index (κ3) is 4.57. The van der Waals surface area contributed by atoms with E-state index in [9.17, 15) is 23.3 Å². The maximum absolute atomic E-state index is 14.4. The molecular formula is C25H25F2N3O4P+. The highest BCUT2D eigenvalue weighted by atomic mass is 31.2. The minimum Gasteiger partial charge on any atom is -0.350 e. The van der Waals surface area contributed by atoms with Crippen LogP contribution in [0.4, 0.5) is 8.78 Å². The molecule has 4 aromatic rings. The van der Waals surface area contributed by atoms with E-state index >= 15 is 0 Å².